The van der Waals surface area contributed by atoms with Crippen LogP contribution in [0.3, 0.4) is 0 Å². The highest BCUT2D eigenvalue weighted by molar-refractivity contribution is 7.98. The smallest absolute Gasteiger partial charge is 0.255 e. The maximum Gasteiger partial charge on any atom is 0.255 e. The SMILES string of the molecule is CSc1ccc2cc(CNCC3(N4CCOCC4)CCCCC3)c(=O)n(CC(C)C)c2c1. The first-order valence-electron chi connectivity index (χ1n) is 12.3. The molecule has 6 heteroatoms. The summed E-state index contributed by atoms with van der Waals surface area (Å²) in [6, 6.07) is 8.59. The van der Waals surface area contributed by atoms with Crippen molar-refractivity contribution in [3.8, 4) is 0 Å². The minimum Gasteiger partial charge on any atom is -0.379 e. The average molecular weight is 458 g/mol. The van der Waals surface area contributed by atoms with Gasteiger partial charge in [-0.3, -0.25) is 9.69 Å². The van der Waals surface area contributed by atoms with Gasteiger partial charge in [0.05, 0.1) is 18.7 Å². The highest BCUT2D eigenvalue weighted by Gasteiger charge is 2.38. The molecule has 5 nitrogen and oxygen atoms in total. The highest BCUT2D eigenvalue weighted by atomic mass is 32.2. The molecule has 0 amide bonds. The summed E-state index contributed by atoms with van der Waals surface area (Å²) in [6.45, 7) is 10.4. The van der Waals surface area contributed by atoms with E-state index < -0.39 is 0 Å². The van der Waals surface area contributed by atoms with Crippen molar-refractivity contribution >= 4 is 22.7 Å². The van der Waals surface area contributed by atoms with Crippen LogP contribution in [0.2, 0.25) is 0 Å². The van der Waals surface area contributed by atoms with Crippen LogP contribution in [0.4, 0.5) is 0 Å². The maximum absolute atomic E-state index is 13.5. The van der Waals surface area contributed by atoms with E-state index in [1.807, 2.05) is 4.57 Å². The summed E-state index contributed by atoms with van der Waals surface area (Å²) in [5.41, 5.74) is 2.30. The molecule has 0 radical (unpaired) electrons. The van der Waals surface area contributed by atoms with E-state index in [-0.39, 0.29) is 11.1 Å². The lowest BCUT2D eigenvalue weighted by atomic mass is 9.79. The van der Waals surface area contributed by atoms with Gasteiger partial charge in [0.25, 0.3) is 5.56 Å². The van der Waals surface area contributed by atoms with Gasteiger partial charge in [0.2, 0.25) is 0 Å². The second-order valence-electron chi connectivity index (χ2n) is 9.89. The van der Waals surface area contributed by atoms with Crippen LogP contribution in [0.15, 0.2) is 34.0 Å². The number of pyridine rings is 1. The topological polar surface area (TPSA) is 46.5 Å². The normalized spacial score (nSPS) is 19.6. The molecule has 1 aliphatic carbocycles. The van der Waals surface area contributed by atoms with Crippen LogP contribution in [0, 0.1) is 5.92 Å². The van der Waals surface area contributed by atoms with Crippen molar-refractivity contribution in [2.75, 3.05) is 39.1 Å². The fraction of sp³-hybridized carbons (Fsp3) is 0.654. The average Bonchev–Trinajstić information content (AvgIpc) is 2.82. The van der Waals surface area contributed by atoms with Gasteiger partial charge in [-0.05, 0) is 48.6 Å². The fourth-order valence-corrected chi connectivity index (χ4v) is 5.93. The first-order chi connectivity index (χ1) is 15.5. The van der Waals surface area contributed by atoms with E-state index in [9.17, 15) is 4.79 Å². The summed E-state index contributed by atoms with van der Waals surface area (Å²) in [7, 11) is 0. The molecule has 1 aliphatic heterocycles. The Labute approximate surface area is 196 Å². The maximum atomic E-state index is 13.5. The first-order valence-corrected chi connectivity index (χ1v) is 13.5. The molecule has 1 aromatic carbocycles. The number of fused-ring (bicyclic) bond motifs is 1. The molecular weight excluding hydrogens is 418 g/mol. The quantitative estimate of drug-likeness (QED) is 0.591. The summed E-state index contributed by atoms with van der Waals surface area (Å²) < 4.78 is 7.61. The Morgan fingerprint density at radius 3 is 2.56 bits per heavy atom. The Morgan fingerprint density at radius 2 is 1.88 bits per heavy atom. The molecule has 1 saturated carbocycles. The van der Waals surface area contributed by atoms with E-state index in [2.05, 4.69) is 54.6 Å². The number of aromatic nitrogens is 1. The molecule has 0 unspecified atom stereocenters. The molecule has 0 bridgehead atoms. The Bertz CT molecular complexity index is 959. The Balaban J connectivity index is 1.56. The molecule has 1 aromatic heterocycles. The summed E-state index contributed by atoms with van der Waals surface area (Å²) in [6.07, 6.45) is 8.51. The van der Waals surface area contributed by atoms with Crippen LogP contribution in [0.25, 0.3) is 10.9 Å². The second-order valence-corrected chi connectivity index (χ2v) is 10.8. The standard InChI is InChI=1S/C26H39N3O2S/c1-20(2)18-29-24-16-23(32-3)8-7-21(24)15-22(25(29)30)17-27-19-26(9-5-4-6-10-26)28-11-13-31-14-12-28/h7-8,15-16,20,27H,4-6,9-14,17-19H2,1-3H3. The van der Waals surface area contributed by atoms with Crippen molar-refractivity contribution in [1.29, 1.82) is 0 Å². The third-order valence-electron chi connectivity index (χ3n) is 7.16. The van der Waals surface area contributed by atoms with Gasteiger partial charge < -0.3 is 14.6 Å². The van der Waals surface area contributed by atoms with E-state index in [0.717, 1.165) is 55.9 Å². The lowest BCUT2D eigenvalue weighted by Gasteiger charge is -2.48. The van der Waals surface area contributed by atoms with Crippen molar-refractivity contribution in [3.05, 3.63) is 40.2 Å². The number of nitrogens with zero attached hydrogens (tertiary/aromatic N) is 2. The minimum atomic E-state index is 0.154. The predicted molar refractivity (Wildman–Crippen MR) is 135 cm³/mol. The van der Waals surface area contributed by atoms with Gasteiger partial charge in [0, 0.05) is 48.7 Å². The molecule has 2 aromatic rings. The fourth-order valence-electron chi connectivity index (χ4n) is 5.49. The van der Waals surface area contributed by atoms with Crippen molar-refractivity contribution in [3.63, 3.8) is 0 Å². The zero-order valence-electron chi connectivity index (χ0n) is 20.0. The number of nitrogens with one attached hydrogen (secondary N) is 1. The van der Waals surface area contributed by atoms with E-state index >= 15 is 0 Å². The Hall–Kier alpha value is -1.34. The molecule has 176 valence electrons. The van der Waals surface area contributed by atoms with E-state index in [1.54, 1.807) is 11.8 Å². The lowest BCUT2D eigenvalue weighted by Crippen LogP contribution is -2.59. The number of thioether (sulfide) groups is 1. The molecule has 4 rings (SSSR count). The first kappa shape index (κ1) is 23.8. The molecular formula is C26H39N3O2S. The summed E-state index contributed by atoms with van der Waals surface area (Å²) in [5, 5.41) is 4.87. The molecule has 1 saturated heterocycles. The van der Waals surface area contributed by atoms with Gasteiger partial charge >= 0.3 is 0 Å². The van der Waals surface area contributed by atoms with E-state index in [0.29, 0.717) is 12.5 Å². The molecule has 0 spiro atoms. The van der Waals surface area contributed by atoms with Crippen molar-refractivity contribution < 1.29 is 4.74 Å². The largest absolute Gasteiger partial charge is 0.379 e. The van der Waals surface area contributed by atoms with Crippen LogP contribution in [-0.4, -0.2) is 54.1 Å². The molecule has 2 fully saturated rings. The number of hydrogen-bond donors (Lipinski definition) is 1. The molecule has 0 atom stereocenters. The van der Waals surface area contributed by atoms with Crippen LogP contribution in [0.1, 0.15) is 51.5 Å². The molecule has 1 N–H and O–H groups in total. The minimum absolute atomic E-state index is 0.154. The second kappa shape index (κ2) is 10.7. The van der Waals surface area contributed by atoms with Crippen molar-refractivity contribution in [2.24, 2.45) is 5.92 Å². The number of ether oxygens (including phenoxy) is 1. The van der Waals surface area contributed by atoms with Crippen LogP contribution in [0.5, 0.6) is 0 Å². The number of rotatable bonds is 8. The van der Waals surface area contributed by atoms with Gasteiger partial charge in [-0.1, -0.05) is 39.2 Å². The molecule has 2 aliphatic rings. The monoisotopic (exact) mass is 457 g/mol. The lowest BCUT2D eigenvalue weighted by molar-refractivity contribution is -0.0369. The highest BCUT2D eigenvalue weighted by Crippen LogP contribution is 2.34. The molecule has 32 heavy (non-hydrogen) atoms. The molecule has 2 heterocycles. The Kier molecular flexibility index (Phi) is 7.98. The third kappa shape index (κ3) is 5.24. The predicted octanol–water partition coefficient (Wildman–Crippen LogP) is 4.50. The summed E-state index contributed by atoms with van der Waals surface area (Å²) in [4.78, 5) is 17.3. The third-order valence-corrected chi connectivity index (χ3v) is 7.89. The van der Waals surface area contributed by atoms with Crippen LogP contribution in [-0.2, 0) is 17.8 Å². The van der Waals surface area contributed by atoms with Gasteiger partial charge in [-0.15, -0.1) is 11.8 Å². The van der Waals surface area contributed by atoms with Crippen LogP contribution >= 0.6 is 11.8 Å². The Morgan fingerprint density at radius 1 is 1.12 bits per heavy atom. The zero-order chi connectivity index (χ0) is 22.6. The van der Waals surface area contributed by atoms with Gasteiger partial charge in [-0.25, -0.2) is 0 Å². The number of benzene rings is 1. The number of morpholine rings is 1. The summed E-state index contributed by atoms with van der Waals surface area (Å²) in [5.74, 6) is 0.420. The number of hydrogen-bond acceptors (Lipinski definition) is 5. The summed E-state index contributed by atoms with van der Waals surface area (Å²) >= 11 is 1.72. The van der Waals surface area contributed by atoms with Crippen molar-refractivity contribution in [1.82, 2.24) is 14.8 Å². The van der Waals surface area contributed by atoms with Crippen molar-refractivity contribution in [2.45, 2.75) is 69.5 Å². The van der Waals surface area contributed by atoms with E-state index in [4.69, 9.17) is 4.74 Å². The van der Waals surface area contributed by atoms with Gasteiger partial charge in [0.15, 0.2) is 0 Å². The van der Waals surface area contributed by atoms with Gasteiger partial charge in [-0.2, -0.15) is 0 Å². The van der Waals surface area contributed by atoms with Gasteiger partial charge in [0.1, 0.15) is 0 Å². The van der Waals surface area contributed by atoms with E-state index in [1.165, 1.54) is 37.0 Å². The zero-order valence-corrected chi connectivity index (χ0v) is 20.8. The van der Waals surface area contributed by atoms with Crippen LogP contribution < -0.4 is 10.9 Å².